The van der Waals surface area contributed by atoms with Gasteiger partial charge < -0.3 is 10.4 Å². The molecular formula is C14H26N2O5S. The molecule has 0 aromatic rings. The van der Waals surface area contributed by atoms with E-state index in [1.54, 1.807) is 6.92 Å². The average molecular weight is 334 g/mol. The van der Waals surface area contributed by atoms with Gasteiger partial charge in [0.05, 0.1) is 11.7 Å². The molecular weight excluding hydrogens is 308 g/mol. The van der Waals surface area contributed by atoms with Crippen LogP contribution in [0.15, 0.2) is 0 Å². The monoisotopic (exact) mass is 334 g/mol. The summed E-state index contributed by atoms with van der Waals surface area (Å²) in [5.74, 6) is -2.07. The van der Waals surface area contributed by atoms with Crippen molar-refractivity contribution in [2.75, 3.05) is 12.3 Å². The normalized spacial score (nSPS) is 22.2. The van der Waals surface area contributed by atoms with Gasteiger partial charge in [-0.05, 0) is 33.1 Å². The third kappa shape index (κ3) is 4.67. The van der Waals surface area contributed by atoms with E-state index in [9.17, 15) is 18.0 Å². The van der Waals surface area contributed by atoms with Gasteiger partial charge in [0.25, 0.3) is 0 Å². The number of rotatable bonds is 8. The quantitative estimate of drug-likeness (QED) is 0.683. The lowest BCUT2D eigenvalue weighted by molar-refractivity contribution is -0.142. The molecule has 1 fully saturated rings. The Bertz CT molecular complexity index is 505. The standard InChI is InChI=1S/C14H26N2O5S/c1-4-5-9-22(20,21)16-8-6-7-12(16)13(17)15-11(3)10(2)14(18)19/h10-12H,4-9H2,1-3H3,(H,15,17)(H,18,19). The van der Waals surface area contributed by atoms with Gasteiger partial charge >= 0.3 is 5.97 Å². The molecule has 2 N–H and O–H groups in total. The van der Waals surface area contributed by atoms with E-state index in [-0.39, 0.29) is 5.75 Å². The average Bonchev–Trinajstić information content (AvgIpc) is 2.94. The SMILES string of the molecule is CCCCS(=O)(=O)N1CCCC1C(=O)NC(C)C(C)C(=O)O. The van der Waals surface area contributed by atoms with Crippen molar-refractivity contribution in [3.8, 4) is 0 Å². The Hall–Kier alpha value is -1.15. The number of unbranched alkanes of at least 4 members (excludes halogenated alkanes) is 1. The first-order valence-electron chi connectivity index (χ1n) is 7.73. The van der Waals surface area contributed by atoms with Crippen LogP contribution in [0.1, 0.15) is 46.5 Å². The minimum Gasteiger partial charge on any atom is -0.481 e. The number of hydrogen-bond donors (Lipinski definition) is 2. The molecule has 22 heavy (non-hydrogen) atoms. The number of carbonyl (C=O) groups is 2. The largest absolute Gasteiger partial charge is 0.481 e. The number of carboxylic acid groups (broad SMARTS) is 1. The van der Waals surface area contributed by atoms with E-state index in [0.717, 1.165) is 6.42 Å². The molecule has 1 aliphatic heterocycles. The van der Waals surface area contributed by atoms with Gasteiger partial charge in [0.15, 0.2) is 0 Å². The first-order chi connectivity index (χ1) is 10.2. The van der Waals surface area contributed by atoms with Crippen LogP contribution in [0.2, 0.25) is 0 Å². The Morgan fingerprint density at radius 1 is 1.36 bits per heavy atom. The van der Waals surface area contributed by atoms with E-state index >= 15 is 0 Å². The fourth-order valence-corrected chi connectivity index (χ4v) is 4.32. The van der Waals surface area contributed by atoms with Crippen LogP contribution in [0.5, 0.6) is 0 Å². The zero-order valence-electron chi connectivity index (χ0n) is 13.4. The van der Waals surface area contributed by atoms with E-state index in [2.05, 4.69) is 5.32 Å². The molecule has 1 rings (SSSR count). The first kappa shape index (κ1) is 18.9. The second kappa shape index (κ2) is 7.92. The van der Waals surface area contributed by atoms with Crippen LogP contribution in [0.25, 0.3) is 0 Å². The molecule has 0 saturated carbocycles. The van der Waals surface area contributed by atoms with Gasteiger partial charge in [-0.3, -0.25) is 9.59 Å². The first-order valence-corrected chi connectivity index (χ1v) is 9.34. The highest BCUT2D eigenvalue weighted by molar-refractivity contribution is 7.89. The maximum atomic E-state index is 12.3. The molecule has 3 atom stereocenters. The summed E-state index contributed by atoms with van der Waals surface area (Å²) in [5, 5.41) is 11.6. The molecule has 0 spiro atoms. The number of amides is 1. The van der Waals surface area contributed by atoms with E-state index < -0.39 is 39.9 Å². The second-order valence-electron chi connectivity index (χ2n) is 5.86. The molecule has 1 amide bonds. The Balaban J connectivity index is 2.74. The van der Waals surface area contributed by atoms with Crippen molar-refractivity contribution in [2.24, 2.45) is 5.92 Å². The van der Waals surface area contributed by atoms with Gasteiger partial charge in [0.2, 0.25) is 15.9 Å². The van der Waals surface area contributed by atoms with Gasteiger partial charge in [-0.1, -0.05) is 13.3 Å². The maximum absolute atomic E-state index is 12.3. The summed E-state index contributed by atoms with van der Waals surface area (Å²) < 4.78 is 25.8. The molecule has 128 valence electrons. The zero-order valence-corrected chi connectivity index (χ0v) is 14.2. The van der Waals surface area contributed by atoms with Gasteiger partial charge in [-0.25, -0.2) is 8.42 Å². The predicted molar refractivity (Wildman–Crippen MR) is 82.8 cm³/mol. The minimum atomic E-state index is -3.43. The van der Waals surface area contributed by atoms with Crippen molar-refractivity contribution < 1.29 is 23.1 Å². The van der Waals surface area contributed by atoms with Crippen molar-refractivity contribution in [1.82, 2.24) is 9.62 Å². The number of hydrogen-bond acceptors (Lipinski definition) is 4. The maximum Gasteiger partial charge on any atom is 0.308 e. The van der Waals surface area contributed by atoms with Crippen LogP contribution in [0.4, 0.5) is 0 Å². The molecule has 0 aromatic carbocycles. The molecule has 1 heterocycles. The Labute approximate surface area is 132 Å². The van der Waals surface area contributed by atoms with Gasteiger partial charge in [-0.15, -0.1) is 0 Å². The molecule has 1 aliphatic rings. The lowest BCUT2D eigenvalue weighted by Gasteiger charge is -2.26. The molecule has 1 saturated heterocycles. The van der Waals surface area contributed by atoms with Crippen LogP contribution in [-0.2, 0) is 19.6 Å². The third-order valence-corrected chi connectivity index (χ3v) is 6.09. The summed E-state index contributed by atoms with van der Waals surface area (Å²) in [5.41, 5.74) is 0. The molecule has 0 aliphatic carbocycles. The zero-order chi connectivity index (χ0) is 16.9. The van der Waals surface area contributed by atoms with E-state index in [1.807, 2.05) is 6.92 Å². The van der Waals surface area contributed by atoms with Crippen molar-refractivity contribution >= 4 is 21.9 Å². The third-order valence-electron chi connectivity index (χ3n) is 4.13. The van der Waals surface area contributed by atoms with Crippen molar-refractivity contribution in [3.05, 3.63) is 0 Å². The topological polar surface area (TPSA) is 104 Å². The lowest BCUT2D eigenvalue weighted by atomic mass is 10.0. The highest BCUT2D eigenvalue weighted by Gasteiger charge is 2.39. The van der Waals surface area contributed by atoms with E-state index in [1.165, 1.54) is 11.2 Å². The Kier molecular flexibility index (Phi) is 6.80. The van der Waals surface area contributed by atoms with Crippen LogP contribution >= 0.6 is 0 Å². The van der Waals surface area contributed by atoms with Gasteiger partial charge in [0, 0.05) is 12.6 Å². The molecule has 0 bridgehead atoms. The lowest BCUT2D eigenvalue weighted by Crippen LogP contribution is -2.50. The Morgan fingerprint density at radius 2 is 2.00 bits per heavy atom. The van der Waals surface area contributed by atoms with Gasteiger partial charge in [-0.2, -0.15) is 4.31 Å². The van der Waals surface area contributed by atoms with Crippen LogP contribution in [0, 0.1) is 5.92 Å². The summed E-state index contributed by atoms with van der Waals surface area (Å²) >= 11 is 0. The molecule has 8 heteroatoms. The number of sulfonamides is 1. The van der Waals surface area contributed by atoms with Crippen molar-refractivity contribution in [1.29, 1.82) is 0 Å². The minimum absolute atomic E-state index is 0.0500. The van der Waals surface area contributed by atoms with Crippen molar-refractivity contribution in [3.63, 3.8) is 0 Å². The summed E-state index contributed by atoms with van der Waals surface area (Å²) in [6.45, 7) is 5.39. The molecule has 0 aromatic heterocycles. The van der Waals surface area contributed by atoms with E-state index in [0.29, 0.717) is 25.8 Å². The van der Waals surface area contributed by atoms with Crippen molar-refractivity contribution in [2.45, 2.75) is 58.5 Å². The molecule has 3 unspecified atom stereocenters. The summed E-state index contributed by atoms with van der Waals surface area (Å²) in [6, 6.07) is -1.27. The van der Waals surface area contributed by atoms with Gasteiger partial charge in [0.1, 0.15) is 6.04 Å². The smallest absolute Gasteiger partial charge is 0.308 e. The number of nitrogens with one attached hydrogen (secondary N) is 1. The van der Waals surface area contributed by atoms with Crippen LogP contribution in [-0.4, -0.2) is 54.1 Å². The fraction of sp³-hybridized carbons (Fsp3) is 0.857. The number of nitrogens with zero attached hydrogens (tertiary/aromatic N) is 1. The second-order valence-corrected chi connectivity index (χ2v) is 7.90. The number of carbonyl (C=O) groups excluding carboxylic acids is 1. The summed E-state index contributed by atoms with van der Waals surface area (Å²) in [6.07, 6.45) is 2.47. The highest BCUT2D eigenvalue weighted by Crippen LogP contribution is 2.22. The van der Waals surface area contributed by atoms with E-state index in [4.69, 9.17) is 5.11 Å². The number of aliphatic carboxylic acids is 1. The number of carboxylic acids is 1. The van der Waals surface area contributed by atoms with Crippen LogP contribution in [0.3, 0.4) is 0 Å². The fourth-order valence-electron chi connectivity index (χ4n) is 2.44. The highest BCUT2D eigenvalue weighted by atomic mass is 32.2. The van der Waals surface area contributed by atoms with Crippen LogP contribution < -0.4 is 5.32 Å². The predicted octanol–water partition coefficient (Wildman–Crippen LogP) is 0.806. The molecule has 0 radical (unpaired) electrons. The Morgan fingerprint density at radius 3 is 2.55 bits per heavy atom. The summed E-state index contributed by atoms with van der Waals surface area (Å²) in [4.78, 5) is 23.2. The molecule has 7 nitrogen and oxygen atoms in total. The summed E-state index contributed by atoms with van der Waals surface area (Å²) in [7, 11) is -3.43.